The third kappa shape index (κ3) is 10.4. The first kappa shape index (κ1) is 17.5. The van der Waals surface area contributed by atoms with Gasteiger partial charge in [0.05, 0.1) is 0 Å². The molecule has 1 aliphatic carbocycles. The summed E-state index contributed by atoms with van der Waals surface area (Å²) < 4.78 is 0. The van der Waals surface area contributed by atoms with Crippen LogP contribution in [0.3, 0.4) is 0 Å². The molecule has 0 aromatic rings. The molecule has 0 fully saturated rings. The van der Waals surface area contributed by atoms with Crippen molar-refractivity contribution in [1.29, 1.82) is 0 Å². The summed E-state index contributed by atoms with van der Waals surface area (Å²) in [6.45, 7) is 0. The van der Waals surface area contributed by atoms with E-state index >= 15 is 0 Å². The molecule has 0 nitrogen and oxygen atoms in total. The molecular weight excluding hydrogens is 250 g/mol. The van der Waals surface area contributed by atoms with Gasteiger partial charge in [-0.1, -0.05) is 24.3 Å². The monoisotopic (exact) mass is 264 g/mol. The molecule has 0 heterocycles. The van der Waals surface area contributed by atoms with E-state index in [2.05, 4.69) is 24.3 Å². The Balaban J connectivity index is -0.000000213. The van der Waals surface area contributed by atoms with Crippen molar-refractivity contribution in [3.05, 3.63) is 31.7 Å². The Kier molecular flexibility index (Phi) is 20.8. The topological polar surface area (TPSA) is 0 Å². The summed E-state index contributed by atoms with van der Waals surface area (Å²) in [6, 6.07) is 0. The van der Waals surface area contributed by atoms with Crippen LogP contribution in [0.4, 0.5) is 0 Å². The Morgan fingerprint density at radius 1 is 0.636 bits per heavy atom. The van der Waals surface area contributed by atoms with Gasteiger partial charge in [-0.05, 0) is 25.7 Å². The van der Waals surface area contributed by atoms with Crippen LogP contribution in [0.1, 0.15) is 25.7 Å². The molecule has 0 aliphatic heterocycles. The van der Waals surface area contributed by atoms with Crippen molar-refractivity contribution in [2.75, 3.05) is 0 Å². The van der Waals surface area contributed by atoms with E-state index in [1.807, 2.05) is 0 Å². The van der Waals surface area contributed by atoms with E-state index in [1.165, 1.54) is 25.7 Å². The van der Waals surface area contributed by atoms with Crippen LogP contribution in [0.5, 0.6) is 0 Å². The van der Waals surface area contributed by atoms with E-state index in [4.69, 9.17) is 0 Å². The Morgan fingerprint density at radius 2 is 0.818 bits per heavy atom. The standard InChI is InChI=1S/C8H12.CH3.ClH.Pd/c1-2-4-6-8-7-5-3-1;;;/h1-2,7-8H,3-6H2;1H3;1H;/q;-1;;+2/p-1/b2-1-,8-7-;;;. The van der Waals surface area contributed by atoms with Gasteiger partial charge in [-0.25, -0.2) is 0 Å². The van der Waals surface area contributed by atoms with Crippen molar-refractivity contribution < 1.29 is 32.8 Å². The summed E-state index contributed by atoms with van der Waals surface area (Å²) in [6.07, 6.45) is 14.0. The van der Waals surface area contributed by atoms with Crippen LogP contribution < -0.4 is 12.4 Å². The largest absolute Gasteiger partial charge is 2.00 e. The van der Waals surface area contributed by atoms with E-state index in [0.717, 1.165) is 0 Å². The van der Waals surface area contributed by atoms with Crippen molar-refractivity contribution in [1.82, 2.24) is 0 Å². The summed E-state index contributed by atoms with van der Waals surface area (Å²) >= 11 is 0. The molecule has 0 saturated carbocycles. The van der Waals surface area contributed by atoms with E-state index in [0.29, 0.717) is 0 Å². The molecule has 0 amide bonds. The Morgan fingerprint density at radius 3 is 1.00 bits per heavy atom. The predicted octanol–water partition coefficient (Wildman–Crippen LogP) is 0.125. The second-order valence-electron chi connectivity index (χ2n) is 2.10. The molecule has 0 atom stereocenters. The quantitative estimate of drug-likeness (QED) is 0.332. The third-order valence-corrected chi connectivity index (χ3v) is 1.33. The molecule has 0 spiro atoms. The maximum atomic E-state index is 2.27. The Bertz CT molecular complexity index is 82.1. The SMILES string of the molecule is C1=C\CC/C=C\CC/1.[CH3-].[Cl-].[Pd+2]. The van der Waals surface area contributed by atoms with Crippen molar-refractivity contribution in [2.24, 2.45) is 0 Å². The molecule has 0 aromatic heterocycles. The van der Waals surface area contributed by atoms with Gasteiger partial charge in [0, 0.05) is 0 Å². The van der Waals surface area contributed by atoms with Gasteiger partial charge in [-0.3, -0.25) is 0 Å². The Hall–Kier alpha value is 0.432. The molecular formula is C9H15ClPd. The zero-order chi connectivity index (χ0) is 5.66. The number of hydrogen-bond acceptors (Lipinski definition) is 0. The van der Waals surface area contributed by atoms with Crippen LogP contribution in [0.15, 0.2) is 24.3 Å². The van der Waals surface area contributed by atoms with Crippen LogP contribution >= 0.6 is 0 Å². The van der Waals surface area contributed by atoms with E-state index in [1.54, 1.807) is 0 Å². The molecule has 11 heavy (non-hydrogen) atoms. The third-order valence-electron chi connectivity index (χ3n) is 1.33. The maximum Gasteiger partial charge on any atom is 2.00 e. The molecule has 0 radical (unpaired) electrons. The first-order chi connectivity index (χ1) is 4.00. The van der Waals surface area contributed by atoms with Gasteiger partial charge >= 0.3 is 20.4 Å². The number of halogens is 1. The zero-order valence-corrected chi connectivity index (χ0v) is 9.14. The van der Waals surface area contributed by atoms with Gasteiger partial charge in [0.2, 0.25) is 0 Å². The molecule has 68 valence electrons. The van der Waals surface area contributed by atoms with E-state index in [-0.39, 0.29) is 40.3 Å². The smallest absolute Gasteiger partial charge is 1.00 e. The number of rotatable bonds is 0. The summed E-state index contributed by atoms with van der Waals surface area (Å²) in [7, 11) is 0. The molecule has 2 heteroatoms. The van der Waals surface area contributed by atoms with Crippen molar-refractivity contribution in [2.45, 2.75) is 25.7 Å². The average molecular weight is 265 g/mol. The zero-order valence-electron chi connectivity index (χ0n) is 6.83. The minimum absolute atomic E-state index is 0. The summed E-state index contributed by atoms with van der Waals surface area (Å²) in [5.41, 5.74) is 0. The fourth-order valence-corrected chi connectivity index (χ4v) is 0.856. The van der Waals surface area contributed by atoms with E-state index in [9.17, 15) is 0 Å². The molecule has 0 aromatic carbocycles. The summed E-state index contributed by atoms with van der Waals surface area (Å²) in [5.74, 6) is 0. The maximum absolute atomic E-state index is 2.27. The molecule has 0 N–H and O–H groups in total. The van der Waals surface area contributed by atoms with E-state index < -0.39 is 0 Å². The second kappa shape index (κ2) is 13.1. The Labute approximate surface area is 90.2 Å². The first-order valence-electron chi connectivity index (χ1n) is 3.30. The minimum Gasteiger partial charge on any atom is -1.00 e. The minimum atomic E-state index is 0. The van der Waals surface area contributed by atoms with Crippen LogP contribution in [0.25, 0.3) is 0 Å². The molecule has 1 aliphatic rings. The fraction of sp³-hybridized carbons (Fsp3) is 0.444. The second-order valence-corrected chi connectivity index (χ2v) is 2.10. The normalized spacial score (nSPS) is 20.4. The molecule has 0 unspecified atom stereocenters. The van der Waals surface area contributed by atoms with Crippen LogP contribution in [-0.2, 0) is 20.4 Å². The van der Waals surface area contributed by atoms with Gasteiger partial charge in [0.15, 0.2) is 0 Å². The molecule has 1 rings (SSSR count). The number of allylic oxidation sites excluding steroid dienone is 4. The van der Waals surface area contributed by atoms with Crippen LogP contribution in [0, 0.1) is 7.43 Å². The van der Waals surface area contributed by atoms with Gasteiger partial charge in [-0.2, -0.15) is 0 Å². The van der Waals surface area contributed by atoms with Crippen LogP contribution in [-0.4, -0.2) is 0 Å². The predicted molar refractivity (Wildman–Crippen MR) is 43.2 cm³/mol. The fourth-order valence-electron chi connectivity index (χ4n) is 0.856. The van der Waals surface area contributed by atoms with Gasteiger partial charge in [-0.15, -0.1) is 0 Å². The summed E-state index contributed by atoms with van der Waals surface area (Å²) in [5, 5.41) is 0. The molecule has 0 bridgehead atoms. The van der Waals surface area contributed by atoms with Crippen LogP contribution in [0.2, 0.25) is 0 Å². The van der Waals surface area contributed by atoms with Gasteiger partial charge in [0.25, 0.3) is 0 Å². The van der Waals surface area contributed by atoms with Crippen molar-refractivity contribution >= 4 is 0 Å². The summed E-state index contributed by atoms with van der Waals surface area (Å²) in [4.78, 5) is 0. The van der Waals surface area contributed by atoms with Crippen molar-refractivity contribution in [3.8, 4) is 0 Å². The molecule has 0 saturated heterocycles. The number of hydrogen-bond donors (Lipinski definition) is 0. The first-order valence-corrected chi connectivity index (χ1v) is 3.30. The average Bonchev–Trinajstić information content (AvgIpc) is 1.62. The van der Waals surface area contributed by atoms with Gasteiger partial charge in [0.1, 0.15) is 0 Å². The van der Waals surface area contributed by atoms with Crippen molar-refractivity contribution in [3.63, 3.8) is 0 Å². The van der Waals surface area contributed by atoms with Gasteiger partial charge < -0.3 is 19.8 Å².